The number of β-amino-alcohol motifs (C(OH)–C–C–N with tert-alkyl or cyclic N) is 1. The van der Waals surface area contributed by atoms with E-state index in [1.165, 1.54) is 25.7 Å². The average molecular weight is 399 g/mol. The summed E-state index contributed by atoms with van der Waals surface area (Å²) in [5, 5.41) is 10.9. The number of benzene rings is 1. The maximum Gasteiger partial charge on any atom is 0.276 e. The number of hydrogen-bond acceptors (Lipinski definition) is 4. The van der Waals surface area contributed by atoms with Crippen LogP contribution in [0.5, 0.6) is 0 Å². The molecule has 158 valence electrons. The molecule has 4 rings (SSSR count). The van der Waals surface area contributed by atoms with Gasteiger partial charge in [0.1, 0.15) is 0 Å². The number of piperidine rings is 1. The minimum atomic E-state index is -0.345. The molecule has 0 bridgehead atoms. The number of hydrogen-bond donors (Lipinski definition) is 1. The number of aliphatic hydroxyl groups is 1. The first-order valence-corrected chi connectivity index (χ1v) is 11.0. The van der Waals surface area contributed by atoms with Gasteiger partial charge in [0.05, 0.1) is 17.4 Å². The lowest BCUT2D eigenvalue weighted by atomic mass is 9.99. The van der Waals surface area contributed by atoms with Crippen molar-refractivity contribution in [1.29, 1.82) is 0 Å². The highest BCUT2D eigenvalue weighted by atomic mass is 16.3. The Kier molecular flexibility index (Phi) is 6.23. The minimum Gasteiger partial charge on any atom is -0.390 e. The van der Waals surface area contributed by atoms with Gasteiger partial charge in [0.2, 0.25) is 0 Å². The molecule has 0 radical (unpaired) electrons. The Hall–Kier alpha value is -1.89. The molecule has 6 nitrogen and oxygen atoms in total. The largest absolute Gasteiger partial charge is 0.390 e. The molecule has 2 fully saturated rings. The molecule has 1 aromatic heterocycles. The summed E-state index contributed by atoms with van der Waals surface area (Å²) in [6.45, 7) is 6.40. The smallest absolute Gasteiger partial charge is 0.276 e. The summed E-state index contributed by atoms with van der Waals surface area (Å²) in [5.74, 6) is 0. The fourth-order valence-electron chi connectivity index (χ4n) is 5.01. The van der Waals surface area contributed by atoms with Crippen LogP contribution in [0.1, 0.15) is 43.4 Å². The zero-order chi connectivity index (χ0) is 20.4. The third kappa shape index (κ3) is 4.20. The van der Waals surface area contributed by atoms with Crippen molar-refractivity contribution in [3.63, 3.8) is 0 Å². The lowest BCUT2D eigenvalue weighted by Crippen LogP contribution is -2.54. The summed E-state index contributed by atoms with van der Waals surface area (Å²) in [5.41, 5.74) is 2.74. The van der Waals surface area contributed by atoms with Crippen molar-refractivity contribution in [2.24, 2.45) is 7.05 Å². The molecule has 2 atom stereocenters. The van der Waals surface area contributed by atoms with Crippen molar-refractivity contribution in [3.05, 3.63) is 51.9 Å². The Morgan fingerprint density at radius 3 is 2.38 bits per heavy atom. The Morgan fingerprint density at radius 2 is 1.72 bits per heavy atom. The van der Waals surface area contributed by atoms with E-state index in [0.717, 1.165) is 43.0 Å². The van der Waals surface area contributed by atoms with Crippen LogP contribution >= 0.6 is 0 Å². The van der Waals surface area contributed by atoms with E-state index in [4.69, 9.17) is 0 Å². The van der Waals surface area contributed by atoms with Gasteiger partial charge < -0.3 is 5.11 Å². The Morgan fingerprint density at radius 1 is 1.03 bits per heavy atom. The topological polar surface area (TPSA) is 53.6 Å². The van der Waals surface area contributed by atoms with Gasteiger partial charge in [-0.05, 0) is 51.4 Å². The molecule has 2 saturated heterocycles. The van der Waals surface area contributed by atoms with Gasteiger partial charge >= 0.3 is 0 Å². The van der Waals surface area contributed by atoms with Gasteiger partial charge in [-0.1, -0.05) is 31.0 Å². The number of rotatable bonds is 4. The first kappa shape index (κ1) is 20.4. The van der Waals surface area contributed by atoms with E-state index in [-0.39, 0.29) is 17.7 Å². The van der Waals surface area contributed by atoms with Crippen molar-refractivity contribution in [2.45, 2.75) is 57.7 Å². The number of likely N-dealkylation sites (tertiary alicyclic amines) is 2. The fourth-order valence-corrected chi connectivity index (χ4v) is 5.01. The lowest BCUT2D eigenvalue weighted by molar-refractivity contribution is -0.0145. The van der Waals surface area contributed by atoms with E-state index < -0.39 is 0 Å². The first-order valence-electron chi connectivity index (χ1n) is 11.0. The number of aliphatic hydroxyl groups excluding tert-OH is 1. The zero-order valence-electron chi connectivity index (χ0n) is 17.8. The Labute approximate surface area is 173 Å². The fraction of sp³-hybridized carbons (Fsp3) is 0.609. The molecular formula is C23H34N4O2. The standard InChI is InChI=1S/C23H34N4O2/c1-18-20(23(29)27(24(18)2)19-10-6-5-7-11-19)16-25-15-12-21(22(28)17-25)26-13-8-3-4-9-14-26/h5-7,10-11,21-22,28H,3-4,8-9,12-17H2,1-2H3/t21-,22-/m0/s1. The van der Waals surface area contributed by atoms with Crippen LogP contribution in [0.3, 0.4) is 0 Å². The molecule has 0 aliphatic carbocycles. The number of para-hydroxylation sites is 1. The molecular weight excluding hydrogens is 364 g/mol. The van der Waals surface area contributed by atoms with E-state index in [1.807, 2.05) is 49.0 Å². The van der Waals surface area contributed by atoms with E-state index >= 15 is 0 Å². The van der Waals surface area contributed by atoms with Crippen molar-refractivity contribution in [2.75, 3.05) is 26.2 Å². The second kappa shape index (κ2) is 8.86. The van der Waals surface area contributed by atoms with Crippen LogP contribution in [-0.2, 0) is 13.6 Å². The van der Waals surface area contributed by atoms with Gasteiger partial charge in [0.15, 0.2) is 0 Å². The summed E-state index contributed by atoms with van der Waals surface area (Å²) < 4.78 is 3.68. The SMILES string of the molecule is Cc1c(CN2CC[C@H](N3CCCCCC3)[C@@H](O)C2)c(=O)n(-c2ccccc2)n1C. The summed E-state index contributed by atoms with van der Waals surface area (Å²) in [7, 11) is 1.94. The molecule has 2 aliphatic rings. The highest BCUT2D eigenvalue weighted by molar-refractivity contribution is 5.33. The maximum absolute atomic E-state index is 13.2. The molecule has 1 N–H and O–H groups in total. The molecule has 0 spiro atoms. The highest BCUT2D eigenvalue weighted by Gasteiger charge is 2.33. The van der Waals surface area contributed by atoms with Crippen LogP contribution < -0.4 is 5.56 Å². The van der Waals surface area contributed by atoms with E-state index in [9.17, 15) is 9.90 Å². The van der Waals surface area contributed by atoms with Gasteiger partial charge in [-0.25, -0.2) is 4.68 Å². The van der Waals surface area contributed by atoms with Gasteiger partial charge in [-0.15, -0.1) is 0 Å². The van der Waals surface area contributed by atoms with Crippen LogP contribution in [0.15, 0.2) is 35.1 Å². The van der Waals surface area contributed by atoms with Crippen LogP contribution in [-0.4, -0.2) is 62.6 Å². The van der Waals surface area contributed by atoms with E-state index in [1.54, 1.807) is 4.68 Å². The second-order valence-electron chi connectivity index (χ2n) is 8.65. The van der Waals surface area contributed by atoms with Gasteiger partial charge in [0, 0.05) is 38.4 Å². The van der Waals surface area contributed by atoms with Crippen molar-refractivity contribution >= 4 is 0 Å². The molecule has 0 saturated carbocycles. The molecule has 0 amide bonds. The van der Waals surface area contributed by atoms with Crippen LogP contribution in [0.2, 0.25) is 0 Å². The number of aromatic nitrogens is 2. The zero-order valence-corrected chi connectivity index (χ0v) is 17.8. The van der Waals surface area contributed by atoms with Gasteiger partial charge in [-0.2, -0.15) is 0 Å². The van der Waals surface area contributed by atoms with Crippen LogP contribution in [0.4, 0.5) is 0 Å². The van der Waals surface area contributed by atoms with Crippen molar-refractivity contribution in [3.8, 4) is 5.69 Å². The highest BCUT2D eigenvalue weighted by Crippen LogP contribution is 2.22. The summed E-state index contributed by atoms with van der Waals surface area (Å²) in [4.78, 5) is 17.9. The Bertz CT molecular complexity index is 865. The maximum atomic E-state index is 13.2. The molecule has 1 aromatic carbocycles. The van der Waals surface area contributed by atoms with E-state index in [0.29, 0.717) is 13.1 Å². The van der Waals surface area contributed by atoms with Crippen LogP contribution in [0.25, 0.3) is 5.69 Å². The lowest BCUT2D eigenvalue weighted by Gasteiger charge is -2.41. The number of nitrogens with zero attached hydrogens (tertiary/aromatic N) is 4. The van der Waals surface area contributed by atoms with E-state index in [2.05, 4.69) is 9.80 Å². The third-order valence-electron chi connectivity index (χ3n) is 6.80. The quantitative estimate of drug-likeness (QED) is 0.859. The second-order valence-corrected chi connectivity index (χ2v) is 8.65. The molecule has 2 aliphatic heterocycles. The van der Waals surface area contributed by atoms with Crippen molar-refractivity contribution < 1.29 is 5.11 Å². The molecule has 3 heterocycles. The predicted molar refractivity (Wildman–Crippen MR) is 115 cm³/mol. The molecule has 6 heteroatoms. The average Bonchev–Trinajstić information content (AvgIpc) is 2.93. The molecule has 29 heavy (non-hydrogen) atoms. The monoisotopic (exact) mass is 398 g/mol. The van der Waals surface area contributed by atoms with Gasteiger partial charge in [0.25, 0.3) is 5.56 Å². The summed E-state index contributed by atoms with van der Waals surface area (Å²) >= 11 is 0. The van der Waals surface area contributed by atoms with Crippen LogP contribution in [0, 0.1) is 6.92 Å². The third-order valence-corrected chi connectivity index (χ3v) is 6.80. The van der Waals surface area contributed by atoms with Crippen molar-refractivity contribution in [1.82, 2.24) is 19.2 Å². The first-order chi connectivity index (χ1) is 14.1. The summed E-state index contributed by atoms with van der Waals surface area (Å²) in [6, 6.07) is 10.0. The predicted octanol–water partition coefficient (Wildman–Crippen LogP) is 2.30. The normalized spacial score (nSPS) is 24.5. The Balaban J connectivity index is 1.47. The molecule has 2 aromatic rings. The molecule has 0 unspecified atom stereocenters. The van der Waals surface area contributed by atoms with Gasteiger partial charge in [-0.3, -0.25) is 19.3 Å². The minimum absolute atomic E-state index is 0.0420. The summed E-state index contributed by atoms with van der Waals surface area (Å²) in [6.07, 6.45) is 5.74.